The molecule has 0 bridgehead atoms. The first-order valence-corrected chi connectivity index (χ1v) is 10.0. The first-order chi connectivity index (χ1) is 12.0. The van der Waals surface area contributed by atoms with E-state index in [0.29, 0.717) is 4.90 Å². The van der Waals surface area contributed by atoms with Crippen LogP contribution in [-0.4, -0.2) is 30.8 Å². The van der Waals surface area contributed by atoms with Gasteiger partial charge in [-0.3, -0.25) is 0 Å². The Morgan fingerprint density at radius 1 is 1.08 bits per heavy atom. The number of sulfonamides is 1. The summed E-state index contributed by atoms with van der Waals surface area (Å²) in [6.45, 7) is 1.85. The highest BCUT2D eigenvalue weighted by Crippen LogP contribution is 2.32. The van der Waals surface area contributed by atoms with Crippen LogP contribution in [0.1, 0.15) is 23.2 Å². The average Bonchev–Trinajstić information content (AvgIpc) is 2.99. The number of hydrogen-bond donors (Lipinski definition) is 1. The Labute approximate surface area is 148 Å². The van der Waals surface area contributed by atoms with Crippen molar-refractivity contribution in [2.75, 3.05) is 7.05 Å². The molecule has 0 amide bonds. The normalized spacial score (nSPS) is 17.8. The third-order valence-electron chi connectivity index (χ3n) is 5.33. The summed E-state index contributed by atoms with van der Waals surface area (Å²) in [6, 6.07) is 15.4. The second kappa shape index (κ2) is 6.00. The number of H-pyrrole nitrogens is 1. The Morgan fingerprint density at radius 3 is 2.60 bits per heavy atom. The standard InChI is InChI=1S/C20H22N2O2S/c1-14-7-3-6-10-20(14)25(23,24)22(2)15-11-12-19-17(13-15)16-8-4-5-9-18(16)21-19/h3-10,15,21H,11-13H2,1-2H3. The summed E-state index contributed by atoms with van der Waals surface area (Å²) in [5.41, 5.74) is 4.44. The summed E-state index contributed by atoms with van der Waals surface area (Å²) < 4.78 is 27.7. The van der Waals surface area contributed by atoms with E-state index in [1.807, 2.05) is 31.2 Å². The second-order valence-corrected chi connectivity index (χ2v) is 8.78. The minimum Gasteiger partial charge on any atom is -0.358 e. The number of aromatic nitrogens is 1. The maximum atomic E-state index is 13.1. The molecule has 130 valence electrons. The number of likely N-dealkylation sites (N-methyl/N-ethyl adjacent to an activating group) is 1. The van der Waals surface area contributed by atoms with Gasteiger partial charge < -0.3 is 4.98 Å². The quantitative estimate of drug-likeness (QED) is 0.780. The molecule has 0 spiro atoms. The molecule has 0 saturated carbocycles. The molecular formula is C20H22N2O2S. The molecule has 2 aromatic carbocycles. The number of aromatic amines is 1. The number of aryl methyl sites for hydroxylation is 2. The topological polar surface area (TPSA) is 53.2 Å². The second-order valence-electron chi connectivity index (χ2n) is 6.81. The first-order valence-electron chi connectivity index (χ1n) is 8.60. The van der Waals surface area contributed by atoms with Gasteiger partial charge in [-0.2, -0.15) is 4.31 Å². The smallest absolute Gasteiger partial charge is 0.243 e. The van der Waals surface area contributed by atoms with E-state index in [9.17, 15) is 8.42 Å². The predicted octanol–water partition coefficient (Wildman–Crippen LogP) is 3.65. The highest BCUT2D eigenvalue weighted by molar-refractivity contribution is 7.89. The maximum absolute atomic E-state index is 13.1. The minimum absolute atomic E-state index is 0.0173. The molecule has 4 rings (SSSR count). The van der Waals surface area contributed by atoms with Crippen molar-refractivity contribution in [2.45, 2.75) is 37.1 Å². The van der Waals surface area contributed by atoms with Crippen molar-refractivity contribution in [1.29, 1.82) is 0 Å². The summed E-state index contributed by atoms with van der Waals surface area (Å²) in [4.78, 5) is 3.89. The Kier molecular flexibility index (Phi) is 3.93. The molecule has 1 aliphatic rings. The fourth-order valence-corrected chi connectivity index (χ4v) is 5.47. The van der Waals surface area contributed by atoms with E-state index in [4.69, 9.17) is 0 Å². The molecule has 1 heterocycles. The molecule has 1 atom stereocenters. The van der Waals surface area contributed by atoms with Crippen LogP contribution in [0.4, 0.5) is 0 Å². The zero-order valence-corrected chi connectivity index (χ0v) is 15.3. The lowest BCUT2D eigenvalue weighted by atomic mass is 9.91. The van der Waals surface area contributed by atoms with Crippen LogP contribution in [0.2, 0.25) is 0 Å². The van der Waals surface area contributed by atoms with Gasteiger partial charge in [0, 0.05) is 29.7 Å². The van der Waals surface area contributed by atoms with Crippen molar-refractivity contribution >= 4 is 20.9 Å². The highest BCUT2D eigenvalue weighted by Gasteiger charge is 2.32. The summed E-state index contributed by atoms with van der Waals surface area (Å²) in [6.07, 6.45) is 2.46. The molecule has 1 aliphatic carbocycles. The molecule has 5 heteroatoms. The molecule has 25 heavy (non-hydrogen) atoms. The lowest BCUT2D eigenvalue weighted by Gasteiger charge is -2.31. The molecule has 1 aromatic heterocycles. The van der Waals surface area contributed by atoms with Gasteiger partial charge in [0.15, 0.2) is 0 Å². The zero-order chi connectivity index (χ0) is 17.6. The Morgan fingerprint density at radius 2 is 1.80 bits per heavy atom. The third-order valence-corrected chi connectivity index (χ3v) is 7.40. The van der Waals surface area contributed by atoms with Crippen LogP contribution in [0.15, 0.2) is 53.4 Å². The molecular weight excluding hydrogens is 332 g/mol. The van der Waals surface area contributed by atoms with Gasteiger partial charge in [0.2, 0.25) is 10.0 Å². The van der Waals surface area contributed by atoms with Crippen LogP contribution in [0.25, 0.3) is 10.9 Å². The van der Waals surface area contributed by atoms with E-state index < -0.39 is 10.0 Å². The minimum atomic E-state index is -3.49. The fraction of sp³-hybridized carbons (Fsp3) is 0.300. The van der Waals surface area contributed by atoms with Crippen LogP contribution >= 0.6 is 0 Å². The summed E-state index contributed by atoms with van der Waals surface area (Å²) in [7, 11) is -1.77. The van der Waals surface area contributed by atoms with Gasteiger partial charge in [0.05, 0.1) is 4.90 Å². The summed E-state index contributed by atoms with van der Waals surface area (Å²) in [5, 5.41) is 1.21. The first kappa shape index (κ1) is 16.4. The number of fused-ring (bicyclic) bond motifs is 3. The lowest BCUT2D eigenvalue weighted by molar-refractivity contribution is 0.335. The van der Waals surface area contributed by atoms with Crippen molar-refractivity contribution in [3.05, 3.63) is 65.4 Å². The van der Waals surface area contributed by atoms with Crippen LogP contribution in [0.5, 0.6) is 0 Å². The highest BCUT2D eigenvalue weighted by atomic mass is 32.2. The van der Waals surface area contributed by atoms with Gasteiger partial charge in [-0.1, -0.05) is 36.4 Å². The number of rotatable bonds is 3. The van der Waals surface area contributed by atoms with Crippen LogP contribution in [-0.2, 0) is 22.9 Å². The van der Waals surface area contributed by atoms with Crippen molar-refractivity contribution < 1.29 is 8.42 Å². The number of para-hydroxylation sites is 1. The van der Waals surface area contributed by atoms with Crippen LogP contribution in [0.3, 0.4) is 0 Å². The third kappa shape index (κ3) is 2.68. The van der Waals surface area contributed by atoms with E-state index in [-0.39, 0.29) is 6.04 Å². The monoisotopic (exact) mass is 354 g/mol. The lowest BCUT2D eigenvalue weighted by Crippen LogP contribution is -2.40. The maximum Gasteiger partial charge on any atom is 0.243 e. The summed E-state index contributed by atoms with van der Waals surface area (Å²) in [5.74, 6) is 0. The molecule has 1 unspecified atom stereocenters. The number of nitrogens with one attached hydrogen (secondary N) is 1. The zero-order valence-electron chi connectivity index (χ0n) is 14.5. The molecule has 0 aliphatic heterocycles. The Hall–Kier alpha value is -2.11. The van der Waals surface area contributed by atoms with Gasteiger partial charge in [-0.25, -0.2) is 8.42 Å². The Balaban J connectivity index is 1.68. The van der Waals surface area contributed by atoms with Crippen molar-refractivity contribution in [3.63, 3.8) is 0 Å². The van der Waals surface area contributed by atoms with Crippen LogP contribution < -0.4 is 0 Å². The molecule has 1 N–H and O–H groups in total. The fourth-order valence-electron chi connectivity index (χ4n) is 3.86. The average molecular weight is 354 g/mol. The van der Waals surface area contributed by atoms with Gasteiger partial charge in [-0.15, -0.1) is 0 Å². The summed E-state index contributed by atoms with van der Waals surface area (Å²) >= 11 is 0. The molecule has 4 nitrogen and oxygen atoms in total. The van der Waals surface area contributed by atoms with Gasteiger partial charge in [0.1, 0.15) is 0 Å². The van der Waals surface area contributed by atoms with E-state index >= 15 is 0 Å². The van der Waals surface area contributed by atoms with Gasteiger partial charge >= 0.3 is 0 Å². The van der Waals surface area contributed by atoms with Gasteiger partial charge in [-0.05, 0) is 49.4 Å². The van der Waals surface area contributed by atoms with E-state index in [1.165, 1.54) is 16.6 Å². The van der Waals surface area contributed by atoms with Crippen LogP contribution in [0, 0.1) is 6.92 Å². The Bertz CT molecular complexity index is 1040. The van der Waals surface area contributed by atoms with E-state index in [1.54, 1.807) is 23.5 Å². The largest absolute Gasteiger partial charge is 0.358 e. The number of nitrogens with zero attached hydrogens (tertiary/aromatic N) is 1. The number of hydrogen-bond acceptors (Lipinski definition) is 2. The molecule has 0 radical (unpaired) electrons. The van der Waals surface area contributed by atoms with Crippen molar-refractivity contribution in [2.24, 2.45) is 0 Å². The molecule has 0 fully saturated rings. The number of benzene rings is 2. The van der Waals surface area contributed by atoms with Crippen molar-refractivity contribution in [1.82, 2.24) is 9.29 Å². The van der Waals surface area contributed by atoms with Gasteiger partial charge in [0.25, 0.3) is 0 Å². The SMILES string of the molecule is Cc1ccccc1S(=O)(=O)N(C)C1CCc2[nH]c3ccccc3c2C1. The molecule has 3 aromatic rings. The van der Waals surface area contributed by atoms with Crippen molar-refractivity contribution in [3.8, 4) is 0 Å². The predicted molar refractivity (Wildman–Crippen MR) is 100 cm³/mol. The van der Waals surface area contributed by atoms with E-state index in [0.717, 1.165) is 30.3 Å². The molecule has 0 saturated heterocycles. The van der Waals surface area contributed by atoms with E-state index in [2.05, 4.69) is 17.1 Å².